The standard InChI is InChI=1S/C26H27FN4O5S/c1-3-29-15-19(24(33)34)23(32)18-13-20(27)22(14-21(18)29)30-9-11-31(12-10-30)26(37)28-17-7-5-16(6-8-17)25(35)36-4-2/h5-8,13-15H,3-4,9-12H2,1-2H3,(H,28,37)(H,33,34). The van der Waals surface area contributed by atoms with E-state index in [9.17, 15) is 19.5 Å². The third-order valence-electron chi connectivity index (χ3n) is 6.27. The van der Waals surface area contributed by atoms with Gasteiger partial charge in [-0.3, -0.25) is 4.79 Å². The molecular weight excluding hydrogens is 499 g/mol. The van der Waals surface area contributed by atoms with Crippen LogP contribution in [0.1, 0.15) is 34.6 Å². The van der Waals surface area contributed by atoms with Gasteiger partial charge >= 0.3 is 11.9 Å². The molecule has 2 N–H and O–H groups in total. The van der Waals surface area contributed by atoms with Crippen LogP contribution in [0.4, 0.5) is 15.8 Å². The predicted octanol–water partition coefficient (Wildman–Crippen LogP) is 3.55. The minimum Gasteiger partial charge on any atom is -0.477 e. The molecule has 0 unspecified atom stereocenters. The highest BCUT2D eigenvalue weighted by atomic mass is 32.1. The fourth-order valence-corrected chi connectivity index (χ4v) is 4.61. The number of carbonyl (C=O) groups excluding carboxylic acids is 1. The minimum absolute atomic E-state index is 0.0426. The van der Waals surface area contributed by atoms with Crippen molar-refractivity contribution in [3.05, 3.63) is 69.8 Å². The number of thiocarbonyl (C=S) groups is 1. The molecule has 0 saturated carbocycles. The van der Waals surface area contributed by atoms with E-state index in [1.54, 1.807) is 41.8 Å². The van der Waals surface area contributed by atoms with Crippen molar-refractivity contribution in [2.24, 2.45) is 0 Å². The average molecular weight is 527 g/mol. The fraction of sp³-hybridized carbons (Fsp3) is 0.308. The predicted molar refractivity (Wildman–Crippen MR) is 143 cm³/mol. The quantitative estimate of drug-likeness (QED) is 0.369. The summed E-state index contributed by atoms with van der Waals surface area (Å²) in [5.41, 5.74) is 0.946. The van der Waals surface area contributed by atoms with Crippen LogP contribution >= 0.6 is 12.2 Å². The van der Waals surface area contributed by atoms with Gasteiger partial charge in [-0.1, -0.05) is 0 Å². The summed E-state index contributed by atoms with van der Waals surface area (Å²) in [7, 11) is 0. The molecule has 0 radical (unpaired) electrons. The second-order valence-corrected chi connectivity index (χ2v) is 8.87. The number of esters is 1. The number of halogens is 1. The molecule has 194 valence electrons. The van der Waals surface area contributed by atoms with Crippen molar-refractivity contribution < 1.29 is 23.8 Å². The number of anilines is 2. The largest absolute Gasteiger partial charge is 0.477 e. The van der Waals surface area contributed by atoms with Crippen molar-refractivity contribution in [3.8, 4) is 0 Å². The highest BCUT2D eigenvalue weighted by Gasteiger charge is 2.23. The van der Waals surface area contributed by atoms with E-state index in [-0.39, 0.29) is 16.9 Å². The van der Waals surface area contributed by atoms with Crippen LogP contribution in [0.3, 0.4) is 0 Å². The number of aromatic carboxylic acids is 1. The van der Waals surface area contributed by atoms with Gasteiger partial charge in [-0.15, -0.1) is 0 Å². The van der Waals surface area contributed by atoms with Crippen molar-refractivity contribution in [1.82, 2.24) is 9.47 Å². The summed E-state index contributed by atoms with van der Waals surface area (Å²) in [4.78, 5) is 39.7. The Labute approximate surface area is 218 Å². The van der Waals surface area contributed by atoms with Crippen LogP contribution in [0.15, 0.2) is 47.4 Å². The summed E-state index contributed by atoms with van der Waals surface area (Å²) < 4.78 is 21.7. The molecular formula is C26H27FN4O5S. The smallest absolute Gasteiger partial charge is 0.341 e. The van der Waals surface area contributed by atoms with Gasteiger partial charge < -0.3 is 29.5 Å². The Morgan fingerprint density at radius 2 is 1.78 bits per heavy atom. The number of piperazine rings is 1. The van der Waals surface area contributed by atoms with E-state index < -0.39 is 17.2 Å². The van der Waals surface area contributed by atoms with Gasteiger partial charge in [0.2, 0.25) is 5.43 Å². The van der Waals surface area contributed by atoms with Gasteiger partial charge in [0.15, 0.2) is 5.11 Å². The lowest BCUT2D eigenvalue weighted by Gasteiger charge is -2.37. The Kier molecular flexibility index (Phi) is 7.72. The zero-order chi connectivity index (χ0) is 26.7. The zero-order valence-corrected chi connectivity index (χ0v) is 21.3. The van der Waals surface area contributed by atoms with E-state index in [4.69, 9.17) is 17.0 Å². The Balaban J connectivity index is 1.46. The third-order valence-corrected chi connectivity index (χ3v) is 6.63. The summed E-state index contributed by atoms with van der Waals surface area (Å²) in [5, 5.41) is 13.1. The number of nitrogens with one attached hydrogen (secondary N) is 1. The van der Waals surface area contributed by atoms with Gasteiger partial charge in [-0.25, -0.2) is 14.0 Å². The number of aromatic nitrogens is 1. The van der Waals surface area contributed by atoms with Crippen LogP contribution in [0.25, 0.3) is 10.9 Å². The van der Waals surface area contributed by atoms with E-state index in [0.29, 0.717) is 61.2 Å². The van der Waals surface area contributed by atoms with Gasteiger partial charge in [-0.05, 0) is 62.5 Å². The Hall–Kier alpha value is -3.99. The number of aryl methyl sites for hydroxylation is 1. The van der Waals surface area contributed by atoms with Crippen LogP contribution < -0.4 is 15.6 Å². The molecule has 1 aromatic heterocycles. The van der Waals surface area contributed by atoms with Crippen molar-refractivity contribution in [3.63, 3.8) is 0 Å². The number of carbonyl (C=O) groups is 2. The molecule has 2 heterocycles. The van der Waals surface area contributed by atoms with Crippen molar-refractivity contribution in [1.29, 1.82) is 0 Å². The summed E-state index contributed by atoms with van der Waals surface area (Å²) in [6, 6.07) is 9.57. The van der Waals surface area contributed by atoms with E-state index in [1.807, 2.05) is 16.7 Å². The molecule has 1 aliphatic heterocycles. The Bertz CT molecular complexity index is 1420. The SMILES string of the molecule is CCOC(=O)c1ccc(NC(=S)N2CCN(c3cc4c(cc3F)c(=O)c(C(=O)O)cn4CC)CC2)cc1. The Morgan fingerprint density at radius 1 is 1.11 bits per heavy atom. The highest BCUT2D eigenvalue weighted by molar-refractivity contribution is 7.80. The number of rotatable bonds is 6. The maximum atomic E-state index is 15.1. The second kappa shape index (κ2) is 11.0. The van der Waals surface area contributed by atoms with Crippen LogP contribution in [0.5, 0.6) is 0 Å². The number of carboxylic acid groups (broad SMARTS) is 1. The number of nitrogens with zero attached hydrogens (tertiary/aromatic N) is 3. The molecule has 0 atom stereocenters. The maximum Gasteiger partial charge on any atom is 0.341 e. The van der Waals surface area contributed by atoms with Crippen molar-refractivity contribution in [2.45, 2.75) is 20.4 Å². The monoisotopic (exact) mass is 526 g/mol. The molecule has 1 fully saturated rings. The molecule has 3 aromatic rings. The summed E-state index contributed by atoms with van der Waals surface area (Å²) in [6.07, 6.45) is 1.30. The highest BCUT2D eigenvalue weighted by Crippen LogP contribution is 2.26. The molecule has 0 amide bonds. The summed E-state index contributed by atoms with van der Waals surface area (Å²) in [6.45, 7) is 6.39. The van der Waals surface area contributed by atoms with Crippen LogP contribution in [-0.4, -0.2) is 64.4 Å². The van der Waals surface area contributed by atoms with Gasteiger partial charge in [0.05, 0.1) is 23.4 Å². The first-order valence-electron chi connectivity index (χ1n) is 11.9. The second-order valence-electron chi connectivity index (χ2n) is 8.49. The van der Waals surface area contributed by atoms with Crippen LogP contribution in [0.2, 0.25) is 0 Å². The number of hydrogen-bond acceptors (Lipinski definition) is 6. The van der Waals surface area contributed by atoms with E-state index in [1.165, 1.54) is 6.20 Å². The first-order valence-corrected chi connectivity index (χ1v) is 12.3. The van der Waals surface area contributed by atoms with Crippen molar-refractivity contribution >= 4 is 51.5 Å². The molecule has 0 aliphatic carbocycles. The molecule has 11 heteroatoms. The molecule has 9 nitrogen and oxygen atoms in total. The number of fused-ring (bicyclic) bond motifs is 1. The van der Waals surface area contributed by atoms with E-state index in [0.717, 1.165) is 11.8 Å². The topological polar surface area (TPSA) is 104 Å². The van der Waals surface area contributed by atoms with Crippen LogP contribution in [0, 0.1) is 5.82 Å². The third kappa shape index (κ3) is 5.41. The van der Waals surface area contributed by atoms with E-state index >= 15 is 4.39 Å². The fourth-order valence-electron chi connectivity index (χ4n) is 4.31. The number of pyridine rings is 1. The summed E-state index contributed by atoms with van der Waals surface area (Å²) >= 11 is 5.55. The molecule has 37 heavy (non-hydrogen) atoms. The molecule has 0 spiro atoms. The molecule has 1 aliphatic rings. The number of carboxylic acids is 1. The van der Waals surface area contributed by atoms with Gasteiger partial charge in [-0.2, -0.15) is 0 Å². The molecule has 4 rings (SSSR count). The average Bonchev–Trinajstić information content (AvgIpc) is 2.89. The van der Waals surface area contributed by atoms with Crippen LogP contribution in [-0.2, 0) is 11.3 Å². The maximum absolute atomic E-state index is 15.1. The first-order chi connectivity index (χ1) is 17.7. The molecule has 1 saturated heterocycles. The first kappa shape index (κ1) is 26.1. The molecule has 2 aromatic carbocycles. The van der Waals surface area contributed by atoms with Gasteiger partial charge in [0.1, 0.15) is 11.4 Å². The van der Waals surface area contributed by atoms with E-state index in [2.05, 4.69) is 5.32 Å². The number of benzene rings is 2. The minimum atomic E-state index is -1.34. The summed E-state index contributed by atoms with van der Waals surface area (Å²) in [5.74, 6) is -2.30. The van der Waals surface area contributed by atoms with Crippen molar-refractivity contribution in [2.75, 3.05) is 43.0 Å². The van der Waals surface area contributed by atoms with Gasteiger partial charge in [0.25, 0.3) is 0 Å². The number of hydrogen-bond donors (Lipinski definition) is 2. The Morgan fingerprint density at radius 3 is 2.38 bits per heavy atom. The lowest BCUT2D eigenvalue weighted by Crippen LogP contribution is -2.50. The molecule has 0 bridgehead atoms. The zero-order valence-electron chi connectivity index (χ0n) is 20.5. The lowest BCUT2D eigenvalue weighted by molar-refractivity contribution is 0.0526. The normalized spacial score (nSPS) is 13.5. The lowest BCUT2D eigenvalue weighted by atomic mass is 10.1. The number of ether oxygens (including phenoxy) is 1. The van der Waals surface area contributed by atoms with Gasteiger partial charge in [0, 0.05) is 50.0 Å².